The number of halogens is 1. The van der Waals surface area contributed by atoms with Crippen LogP contribution in [0.25, 0.3) is 10.9 Å². The summed E-state index contributed by atoms with van der Waals surface area (Å²) in [5, 5.41) is 27.2. The van der Waals surface area contributed by atoms with E-state index in [1.807, 2.05) is 18.2 Å². The predicted octanol–water partition coefficient (Wildman–Crippen LogP) is 2.86. The van der Waals surface area contributed by atoms with Gasteiger partial charge in [-0.3, -0.25) is 4.79 Å². The number of pyridine rings is 1. The summed E-state index contributed by atoms with van der Waals surface area (Å²) < 4.78 is 0. The zero-order chi connectivity index (χ0) is 22.6. The molecule has 1 aromatic heterocycles. The van der Waals surface area contributed by atoms with Gasteiger partial charge in [-0.15, -0.1) is 0 Å². The van der Waals surface area contributed by atoms with Crippen molar-refractivity contribution in [2.24, 2.45) is 0 Å². The maximum Gasteiger partial charge on any atom is 0.253 e. The van der Waals surface area contributed by atoms with E-state index in [9.17, 15) is 9.90 Å². The lowest BCUT2D eigenvalue weighted by Gasteiger charge is -2.27. The van der Waals surface area contributed by atoms with Crippen molar-refractivity contribution >= 4 is 34.2 Å². The van der Waals surface area contributed by atoms with Gasteiger partial charge in [-0.2, -0.15) is 0 Å². The fourth-order valence-corrected chi connectivity index (χ4v) is 5.12. The predicted molar refractivity (Wildman–Crippen MR) is 127 cm³/mol. The van der Waals surface area contributed by atoms with Crippen molar-refractivity contribution < 1.29 is 15.0 Å². The molecule has 1 aromatic carbocycles. The van der Waals surface area contributed by atoms with Crippen molar-refractivity contribution in [2.45, 2.75) is 56.6 Å². The van der Waals surface area contributed by atoms with Crippen LogP contribution in [0.3, 0.4) is 0 Å². The molecule has 1 saturated carbocycles. The number of anilines is 1. The lowest BCUT2D eigenvalue weighted by Crippen LogP contribution is -2.42. The second-order valence-electron chi connectivity index (χ2n) is 9.09. The van der Waals surface area contributed by atoms with Gasteiger partial charge in [0.1, 0.15) is 5.82 Å². The Morgan fingerprint density at radius 1 is 1.19 bits per heavy atom. The van der Waals surface area contributed by atoms with E-state index in [1.54, 1.807) is 6.07 Å². The highest BCUT2D eigenvalue weighted by Crippen LogP contribution is 2.30. The van der Waals surface area contributed by atoms with Gasteiger partial charge in [-0.1, -0.05) is 37.3 Å². The number of carbonyl (C=O) groups is 1. The summed E-state index contributed by atoms with van der Waals surface area (Å²) in [5.74, 6) is 0.592. The van der Waals surface area contributed by atoms with Crippen LogP contribution < -0.4 is 15.5 Å². The minimum atomic E-state index is -0.842. The van der Waals surface area contributed by atoms with Gasteiger partial charge < -0.3 is 25.7 Å². The molecule has 4 N–H and O–H groups in total. The maximum atomic E-state index is 13.1. The van der Waals surface area contributed by atoms with E-state index >= 15 is 0 Å². The van der Waals surface area contributed by atoms with E-state index in [-0.39, 0.29) is 19.1 Å². The molecule has 1 atom stereocenters. The zero-order valence-corrected chi connectivity index (χ0v) is 19.2. The standard InChI is InChI=1S/C24H33ClN4O3/c25-19-6-7-20-18(5-8-21(28-20)29-13-9-17(15-29)26-12-14-30)22(19)23(31)27-16-24(32)10-3-1-2-4-11-24/h5-8,17,26,30,32H,1-4,9-16H2,(H,27,31). The molecule has 2 fully saturated rings. The molecule has 0 radical (unpaired) electrons. The van der Waals surface area contributed by atoms with E-state index in [0.717, 1.165) is 56.5 Å². The molecule has 0 bridgehead atoms. The van der Waals surface area contributed by atoms with Crippen LogP contribution in [0.1, 0.15) is 55.3 Å². The molecule has 7 nitrogen and oxygen atoms in total. The van der Waals surface area contributed by atoms with E-state index in [1.165, 1.54) is 0 Å². The minimum Gasteiger partial charge on any atom is -0.395 e. The Balaban J connectivity index is 1.49. The van der Waals surface area contributed by atoms with Crippen molar-refractivity contribution in [3.8, 4) is 0 Å². The van der Waals surface area contributed by atoms with Gasteiger partial charge in [0.15, 0.2) is 0 Å². The lowest BCUT2D eigenvalue weighted by molar-refractivity contribution is 0.0247. The Morgan fingerprint density at radius 2 is 1.97 bits per heavy atom. The first kappa shape index (κ1) is 23.2. The molecular weight excluding hydrogens is 428 g/mol. The van der Waals surface area contributed by atoms with Crippen LogP contribution in [-0.4, -0.2) is 65.5 Å². The Bertz CT molecular complexity index is 946. The number of rotatable bonds is 7. The van der Waals surface area contributed by atoms with Crippen LogP contribution in [0.2, 0.25) is 5.02 Å². The number of fused-ring (bicyclic) bond motifs is 1. The van der Waals surface area contributed by atoms with Crippen LogP contribution in [-0.2, 0) is 0 Å². The molecule has 2 aliphatic rings. The fourth-order valence-electron chi connectivity index (χ4n) is 4.87. The largest absolute Gasteiger partial charge is 0.395 e. The molecule has 1 aliphatic carbocycles. The number of hydrogen-bond acceptors (Lipinski definition) is 6. The van der Waals surface area contributed by atoms with Crippen molar-refractivity contribution in [3.63, 3.8) is 0 Å². The summed E-state index contributed by atoms with van der Waals surface area (Å²) in [7, 11) is 0. The van der Waals surface area contributed by atoms with Crippen LogP contribution in [0.4, 0.5) is 5.82 Å². The number of aliphatic hydroxyl groups is 2. The number of amides is 1. The summed E-state index contributed by atoms with van der Waals surface area (Å²) in [6.45, 7) is 2.68. The van der Waals surface area contributed by atoms with Gasteiger partial charge >= 0.3 is 0 Å². The average molecular weight is 461 g/mol. The molecule has 1 aliphatic heterocycles. The van der Waals surface area contributed by atoms with Gasteiger partial charge in [-0.05, 0) is 43.5 Å². The highest BCUT2D eigenvalue weighted by molar-refractivity contribution is 6.35. The summed E-state index contributed by atoms with van der Waals surface area (Å²) in [6.07, 6.45) is 6.67. The number of carbonyl (C=O) groups excluding carboxylic acids is 1. The third-order valence-corrected chi connectivity index (χ3v) is 7.02. The van der Waals surface area contributed by atoms with Crippen LogP contribution in [0.5, 0.6) is 0 Å². The molecular formula is C24H33ClN4O3. The molecule has 32 heavy (non-hydrogen) atoms. The quantitative estimate of drug-likeness (QED) is 0.474. The third-order valence-electron chi connectivity index (χ3n) is 6.70. The topological polar surface area (TPSA) is 97.7 Å². The van der Waals surface area contributed by atoms with Crippen LogP contribution in [0, 0.1) is 0 Å². The first-order chi connectivity index (χ1) is 15.5. The smallest absolute Gasteiger partial charge is 0.253 e. The van der Waals surface area contributed by atoms with Gasteiger partial charge in [0.05, 0.1) is 28.3 Å². The Labute approximate surface area is 194 Å². The molecule has 1 saturated heterocycles. The molecule has 1 amide bonds. The van der Waals surface area contributed by atoms with Gasteiger partial charge in [0.2, 0.25) is 0 Å². The van der Waals surface area contributed by atoms with Crippen molar-refractivity contribution in [1.29, 1.82) is 0 Å². The van der Waals surface area contributed by atoms with E-state index in [4.69, 9.17) is 21.7 Å². The van der Waals surface area contributed by atoms with Crippen LogP contribution >= 0.6 is 11.6 Å². The van der Waals surface area contributed by atoms with Gasteiger partial charge in [0, 0.05) is 37.6 Å². The highest BCUT2D eigenvalue weighted by atomic mass is 35.5. The monoisotopic (exact) mass is 460 g/mol. The molecule has 2 aromatic rings. The van der Waals surface area contributed by atoms with Crippen molar-refractivity contribution in [2.75, 3.05) is 37.7 Å². The van der Waals surface area contributed by atoms with Crippen molar-refractivity contribution in [3.05, 3.63) is 34.9 Å². The molecule has 0 spiro atoms. The molecule has 174 valence electrons. The number of nitrogens with zero attached hydrogens (tertiary/aromatic N) is 2. The Hall–Kier alpha value is -1.93. The second kappa shape index (κ2) is 10.3. The van der Waals surface area contributed by atoms with Gasteiger partial charge in [-0.25, -0.2) is 4.98 Å². The first-order valence-electron chi connectivity index (χ1n) is 11.7. The number of hydrogen-bond donors (Lipinski definition) is 4. The number of benzene rings is 1. The second-order valence-corrected chi connectivity index (χ2v) is 9.50. The summed E-state index contributed by atoms with van der Waals surface area (Å²) in [6, 6.07) is 7.73. The highest BCUT2D eigenvalue weighted by Gasteiger charge is 2.29. The lowest BCUT2D eigenvalue weighted by atomic mass is 9.94. The number of aromatic nitrogens is 1. The first-order valence-corrected chi connectivity index (χ1v) is 12.1. The van der Waals surface area contributed by atoms with E-state index < -0.39 is 5.60 Å². The molecule has 4 rings (SSSR count). The van der Waals surface area contributed by atoms with Crippen LogP contribution in [0.15, 0.2) is 24.3 Å². The SMILES string of the molecule is O=C(NCC1(O)CCCCCC1)c1c(Cl)ccc2nc(N3CCC(NCCO)C3)ccc12. The summed E-state index contributed by atoms with van der Waals surface area (Å²) in [4.78, 5) is 20.1. The minimum absolute atomic E-state index is 0.133. The van der Waals surface area contributed by atoms with Gasteiger partial charge in [0.25, 0.3) is 5.91 Å². The fraction of sp³-hybridized carbons (Fsp3) is 0.583. The average Bonchev–Trinajstić information content (AvgIpc) is 3.16. The Kier molecular flexibility index (Phi) is 7.51. The van der Waals surface area contributed by atoms with E-state index in [2.05, 4.69) is 15.5 Å². The third kappa shape index (κ3) is 5.34. The number of aliphatic hydroxyl groups excluding tert-OH is 1. The van der Waals surface area contributed by atoms with Crippen molar-refractivity contribution in [1.82, 2.24) is 15.6 Å². The normalized spacial score (nSPS) is 21.0. The number of nitrogens with one attached hydrogen (secondary N) is 2. The summed E-state index contributed by atoms with van der Waals surface area (Å²) in [5.41, 5.74) is 0.284. The molecule has 1 unspecified atom stereocenters. The zero-order valence-electron chi connectivity index (χ0n) is 18.4. The molecule has 2 heterocycles. The molecule has 8 heteroatoms. The maximum absolute atomic E-state index is 13.1. The van der Waals surface area contributed by atoms with E-state index in [0.29, 0.717) is 41.4 Å². The summed E-state index contributed by atoms with van der Waals surface area (Å²) >= 11 is 6.42. The Morgan fingerprint density at radius 3 is 2.72 bits per heavy atom.